The number of hydrogen-bond acceptors (Lipinski definition) is 6. The van der Waals surface area contributed by atoms with Crippen molar-refractivity contribution in [1.29, 1.82) is 0 Å². The second kappa shape index (κ2) is 9.28. The van der Waals surface area contributed by atoms with Crippen LogP contribution in [0.3, 0.4) is 0 Å². The van der Waals surface area contributed by atoms with Crippen LogP contribution in [0.25, 0.3) is 11.4 Å². The monoisotopic (exact) mass is 426 g/mol. The molecule has 1 fully saturated rings. The highest BCUT2D eigenvalue weighted by atomic mass is 35.5. The molecule has 4 rings (SSSR count). The normalized spacial score (nSPS) is 15.1. The van der Waals surface area contributed by atoms with Gasteiger partial charge < -0.3 is 14.6 Å². The molecule has 0 bridgehead atoms. The number of anilines is 1. The van der Waals surface area contributed by atoms with Crippen molar-refractivity contribution in [2.75, 3.05) is 32.1 Å². The minimum atomic E-state index is -0.0705. The van der Waals surface area contributed by atoms with Crippen molar-refractivity contribution >= 4 is 23.2 Å². The number of rotatable bonds is 6. The summed E-state index contributed by atoms with van der Waals surface area (Å²) in [5, 5.41) is 7.46. The van der Waals surface area contributed by atoms with Gasteiger partial charge in [-0.05, 0) is 44.1 Å². The quantitative estimate of drug-likeness (QED) is 0.635. The van der Waals surface area contributed by atoms with Crippen molar-refractivity contribution in [1.82, 2.24) is 15.0 Å². The van der Waals surface area contributed by atoms with Crippen LogP contribution in [0.1, 0.15) is 24.7 Å². The Kier molecular flexibility index (Phi) is 6.30. The molecule has 8 heteroatoms. The van der Waals surface area contributed by atoms with E-state index >= 15 is 0 Å². The lowest BCUT2D eigenvalue weighted by Crippen LogP contribution is -2.38. The van der Waals surface area contributed by atoms with Crippen LogP contribution in [-0.4, -0.2) is 47.7 Å². The molecule has 1 aromatic heterocycles. The van der Waals surface area contributed by atoms with Crippen molar-refractivity contribution < 1.29 is 14.1 Å². The van der Waals surface area contributed by atoms with E-state index in [1.807, 2.05) is 30.3 Å². The summed E-state index contributed by atoms with van der Waals surface area (Å²) in [5.41, 5.74) is 1.60. The van der Waals surface area contributed by atoms with E-state index in [0.717, 1.165) is 31.5 Å². The molecule has 0 saturated carbocycles. The van der Waals surface area contributed by atoms with Crippen LogP contribution in [-0.2, 0) is 4.79 Å². The summed E-state index contributed by atoms with van der Waals surface area (Å²) in [4.78, 5) is 19.1. The van der Waals surface area contributed by atoms with Gasteiger partial charge in [-0.3, -0.25) is 9.69 Å². The smallest absolute Gasteiger partial charge is 0.238 e. The SMILES string of the molecule is COc1ccc(NC(=O)CN2CCC(c3nc(-c4ccccc4)no3)CC2)cc1Cl. The lowest BCUT2D eigenvalue weighted by Gasteiger charge is -2.29. The minimum Gasteiger partial charge on any atom is -0.495 e. The fourth-order valence-corrected chi connectivity index (χ4v) is 3.85. The maximum Gasteiger partial charge on any atom is 0.238 e. The number of hydrogen-bond donors (Lipinski definition) is 1. The zero-order chi connectivity index (χ0) is 20.9. The number of carbonyl (C=O) groups is 1. The highest BCUT2D eigenvalue weighted by molar-refractivity contribution is 6.32. The number of methoxy groups -OCH3 is 1. The van der Waals surface area contributed by atoms with Crippen molar-refractivity contribution in [2.45, 2.75) is 18.8 Å². The van der Waals surface area contributed by atoms with Gasteiger partial charge in [0.05, 0.1) is 18.7 Å². The van der Waals surface area contributed by atoms with Gasteiger partial charge in [0.1, 0.15) is 5.75 Å². The fourth-order valence-electron chi connectivity index (χ4n) is 3.59. The summed E-state index contributed by atoms with van der Waals surface area (Å²) in [5.74, 6) is 2.01. The predicted molar refractivity (Wildman–Crippen MR) is 115 cm³/mol. The Morgan fingerprint density at radius 3 is 2.70 bits per heavy atom. The number of carbonyl (C=O) groups excluding carboxylic acids is 1. The van der Waals surface area contributed by atoms with Gasteiger partial charge in [0.2, 0.25) is 17.6 Å². The van der Waals surface area contributed by atoms with Gasteiger partial charge in [-0.15, -0.1) is 0 Å². The van der Waals surface area contributed by atoms with Crippen LogP contribution in [0.4, 0.5) is 5.69 Å². The zero-order valence-electron chi connectivity index (χ0n) is 16.7. The summed E-state index contributed by atoms with van der Waals surface area (Å²) < 4.78 is 10.6. The summed E-state index contributed by atoms with van der Waals surface area (Å²) in [6, 6.07) is 15.0. The number of likely N-dealkylation sites (tertiary alicyclic amines) is 1. The van der Waals surface area contributed by atoms with Crippen LogP contribution in [0.2, 0.25) is 5.02 Å². The number of halogens is 1. The molecule has 7 nitrogen and oxygen atoms in total. The summed E-state index contributed by atoms with van der Waals surface area (Å²) >= 11 is 6.11. The molecule has 1 N–H and O–H groups in total. The lowest BCUT2D eigenvalue weighted by molar-refractivity contribution is -0.117. The first-order valence-electron chi connectivity index (χ1n) is 9.87. The number of aromatic nitrogens is 2. The van der Waals surface area contributed by atoms with E-state index in [1.54, 1.807) is 25.3 Å². The number of piperidine rings is 1. The summed E-state index contributed by atoms with van der Waals surface area (Å²) in [6.07, 6.45) is 1.75. The molecular formula is C22H23ClN4O3. The van der Waals surface area contributed by atoms with Gasteiger partial charge >= 0.3 is 0 Å². The molecule has 0 aliphatic carbocycles. The number of nitrogens with zero attached hydrogens (tertiary/aromatic N) is 3. The first kappa shape index (κ1) is 20.4. The second-order valence-electron chi connectivity index (χ2n) is 7.27. The van der Waals surface area contributed by atoms with E-state index < -0.39 is 0 Å². The summed E-state index contributed by atoms with van der Waals surface area (Å²) in [7, 11) is 1.56. The van der Waals surface area contributed by atoms with E-state index in [1.165, 1.54) is 0 Å². The Bertz CT molecular complexity index is 1000. The first-order chi connectivity index (χ1) is 14.6. The van der Waals surface area contributed by atoms with Gasteiger partial charge in [-0.1, -0.05) is 47.1 Å². The first-order valence-corrected chi connectivity index (χ1v) is 10.2. The van der Waals surface area contributed by atoms with E-state index in [2.05, 4.69) is 20.4 Å². The molecule has 1 aliphatic heterocycles. The molecule has 1 saturated heterocycles. The highest BCUT2D eigenvalue weighted by Gasteiger charge is 2.26. The third-order valence-electron chi connectivity index (χ3n) is 5.21. The summed E-state index contributed by atoms with van der Waals surface area (Å²) in [6.45, 7) is 1.92. The third-order valence-corrected chi connectivity index (χ3v) is 5.51. The van der Waals surface area contributed by atoms with Gasteiger partial charge in [0.25, 0.3) is 0 Å². The Balaban J connectivity index is 1.28. The van der Waals surface area contributed by atoms with Crippen molar-refractivity contribution in [2.24, 2.45) is 0 Å². The van der Waals surface area contributed by atoms with Crippen molar-refractivity contribution in [3.8, 4) is 17.1 Å². The largest absolute Gasteiger partial charge is 0.495 e. The molecule has 1 amide bonds. The fraction of sp³-hybridized carbons (Fsp3) is 0.318. The van der Waals surface area contributed by atoms with E-state index in [9.17, 15) is 4.79 Å². The molecular weight excluding hydrogens is 404 g/mol. The van der Waals surface area contributed by atoms with E-state index in [4.69, 9.17) is 20.9 Å². The molecule has 0 unspecified atom stereocenters. The van der Waals surface area contributed by atoms with E-state index in [0.29, 0.717) is 34.7 Å². The van der Waals surface area contributed by atoms with Crippen LogP contribution >= 0.6 is 11.6 Å². The van der Waals surface area contributed by atoms with Crippen molar-refractivity contribution in [3.63, 3.8) is 0 Å². The molecule has 30 heavy (non-hydrogen) atoms. The molecule has 2 aromatic carbocycles. The Hall–Kier alpha value is -2.90. The maximum atomic E-state index is 12.4. The Labute approximate surface area is 180 Å². The average Bonchev–Trinajstić information content (AvgIpc) is 3.25. The number of nitrogens with one attached hydrogen (secondary N) is 1. The molecule has 2 heterocycles. The highest BCUT2D eigenvalue weighted by Crippen LogP contribution is 2.29. The Morgan fingerprint density at radius 1 is 1.23 bits per heavy atom. The van der Waals surface area contributed by atoms with Crippen LogP contribution < -0.4 is 10.1 Å². The molecule has 0 atom stereocenters. The molecule has 1 aliphatic rings. The van der Waals surface area contributed by atoms with E-state index in [-0.39, 0.29) is 11.8 Å². The predicted octanol–water partition coefficient (Wildman–Crippen LogP) is 4.22. The maximum absolute atomic E-state index is 12.4. The standard InChI is InChI=1S/C22H23ClN4O3/c1-29-19-8-7-17(13-18(19)23)24-20(28)14-27-11-9-16(10-12-27)22-25-21(26-30-22)15-5-3-2-4-6-15/h2-8,13,16H,9-12,14H2,1H3,(H,24,28). The number of ether oxygens (including phenoxy) is 1. The topological polar surface area (TPSA) is 80.5 Å². The zero-order valence-corrected chi connectivity index (χ0v) is 17.4. The number of amides is 1. The lowest BCUT2D eigenvalue weighted by atomic mass is 9.97. The van der Waals surface area contributed by atoms with Gasteiger partial charge in [0, 0.05) is 17.2 Å². The minimum absolute atomic E-state index is 0.0705. The molecule has 156 valence electrons. The second-order valence-corrected chi connectivity index (χ2v) is 7.68. The van der Waals surface area contributed by atoms with Gasteiger partial charge in [-0.25, -0.2) is 0 Å². The van der Waals surface area contributed by atoms with Crippen LogP contribution in [0.5, 0.6) is 5.75 Å². The number of benzene rings is 2. The van der Waals surface area contributed by atoms with Crippen molar-refractivity contribution in [3.05, 3.63) is 59.4 Å². The van der Waals surface area contributed by atoms with Gasteiger partial charge in [0.15, 0.2) is 0 Å². The third kappa shape index (κ3) is 4.80. The molecule has 3 aromatic rings. The molecule has 0 spiro atoms. The van der Waals surface area contributed by atoms with Crippen LogP contribution in [0.15, 0.2) is 53.1 Å². The van der Waals surface area contributed by atoms with Gasteiger partial charge in [-0.2, -0.15) is 4.98 Å². The average molecular weight is 427 g/mol. The van der Waals surface area contributed by atoms with Crippen LogP contribution in [0, 0.1) is 0 Å². The Morgan fingerprint density at radius 2 is 2.00 bits per heavy atom. The molecule has 0 radical (unpaired) electrons.